The Hall–Kier alpha value is -1.44. The fourth-order valence-electron chi connectivity index (χ4n) is 2.63. The van der Waals surface area contributed by atoms with Crippen molar-refractivity contribution < 1.29 is 13.2 Å². The number of nitrogens with one attached hydrogen (secondary N) is 1. The lowest BCUT2D eigenvalue weighted by Crippen LogP contribution is -2.54. The van der Waals surface area contributed by atoms with Gasteiger partial charge in [-0.05, 0) is 19.4 Å². The third-order valence-corrected chi connectivity index (χ3v) is 5.56. The van der Waals surface area contributed by atoms with Crippen LogP contribution in [-0.4, -0.2) is 62.0 Å². The first-order valence-corrected chi connectivity index (χ1v) is 9.64. The predicted molar refractivity (Wildman–Crippen MR) is 90.5 cm³/mol. The fraction of sp³-hybridized carbons (Fsp3) is 0.562. The SMILES string of the molecule is Cc1ccc(CNC(=O)C(C)N2CCN(S(C)(=O)=O)CC2)cc1. The Bertz CT molecular complexity index is 635. The predicted octanol–water partition coefficient (Wildman–Crippen LogP) is 0.577. The molecule has 1 fully saturated rings. The van der Waals surface area contributed by atoms with Crippen LogP contribution in [0.5, 0.6) is 0 Å². The molecule has 1 amide bonds. The molecule has 0 bridgehead atoms. The number of amides is 1. The number of aryl methyl sites for hydroxylation is 1. The van der Waals surface area contributed by atoms with Gasteiger partial charge < -0.3 is 5.32 Å². The minimum atomic E-state index is -3.14. The molecule has 128 valence electrons. The first-order valence-electron chi connectivity index (χ1n) is 7.80. The lowest BCUT2D eigenvalue weighted by atomic mass is 10.1. The van der Waals surface area contributed by atoms with Crippen LogP contribution >= 0.6 is 0 Å². The molecule has 1 aliphatic heterocycles. The van der Waals surface area contributed by atoms with Gasteiger partial charge in [-0.25, -0.2) is 8.42 Å². The highest BCUT2D eigenvalue weighted by atomic mass is 32.2. The second kappa shape index (κ2) is 7.42. The summed E-state index contributed by atoms with van der Waals surface area (Å²) in [5.74, 6) is -0.0293. The number of rotatable bonds is 5. The van der Waals surface area contributed by atoms with Crippen LogP contribution in [0.4, 0.5) is 0 Å². The van der Waals surface area contributed by atoms with E-state index in [2.05, 4.69) is 5.32 Å². The van der Waals surface area contributed by atoms with Crippen molar-refractivity contribution in [3.63, 3.8) is 0 Å². The summed E-state index contributed by atoms with van der Waals surface area (Å²) in [5, 5.41) is 2.94. The number of nitrogens with zero attached hydrogens (tertiary/aromatic N) is 2. The van der Waals surface area contributed by atoms with E-state index in [0.717, 1.165) is 5.56 Å². The molecule has 1 aromatic rings. The molecule has 2 rings (SSSR count). The van der Waals surface area contributed by atoms with Crippen LogP contribution in [0.15, 0.2) is 24.3 Å². The molecule has 0 aromatic heterocycles. The summed E-state index contributed by atoms with van der Waals surface area (Å²) < 4.78 is 24.5. The van der Waals surface area contributed by atoms with Gasteiger partial charge in [0.15, 0.2) is 0 Å². The van der Waals surface area contributed by atoms with Crippen molar-refractivity contribution in [2.24, 2.45) is 0 Å². The molecular formula is C16H25N3O3S. The van der Waals surface area contributed by atoms with Gasteiger partial charge in [-0.3, -0.25) is 9.69 Å². The first-order chi connectivity index (χ1) is 10.8. The van der Waals surface area contributed by atoms with Crippen molar-refractivity contribution in [2.75, 3.05) is 32.4 Å². The Balaban J connectivity index is 1.82. The third-order valence-electron chi connectivity index (χ3n) is 4.26. The maximum absolute atomic E-state index is 12.3. The van der Waals surface area contributed by atoms with Gasteiger partial charge in [0.25, 0.3) is 0 Å². The molecule has 1 aromatic carbocycles. The highest BCUT2D eigenvalue weighted by molar-refractivity contribution is 7.88. The summed E-state index contributed by atoms with van der Waals surface area (Å²) in [7, 11) is -3.14. The van der Waals surface area contributed by atoms with Crippen molar-refractivity contribution in [2.45, 2.75) is 26.4 Å². The molecule has 0 aliphatic carbocycles. The molecule has 1 aliphatic rings. The van der Waals surface area contributed by atoms with E-state index in [4.69, 9.17) is 0 Å². The van der Waals surface area contributed by atoms with E-state index >= 15 is 0 Å². The van der Waals surface area contributed by atoms with E-state index in [-0.39, 0.29) is 11.9 Å². The molecular weight excluding hydrogens is 314 g/mol. The molecule has 1 heterocycles. The standard InChI is InChI=1S/C16H25N3O3S/c1-13-4-6-15(7-5-13)12-17-16(20)14(2)18-8-10-19(11-9-18)23(3,21)22/h4-7,14H,8-12H2,1-3H3,(H,17,20). The van der Waals surface area contributed by atoms with Gasteiger partial charge in [0, 0.05) is 32.7 Å². The summed E-state index contributed by atoms with van der Waals surface area (Å²) in [6, 6.07) is 7.79. The zero-order valence-corrected chi connectivity index (χ0v) is 14.8. The van der Waals surface area contributed by atoms with E-state index in [9.17, 15) is 13.2 Å². The lowest BCUT2D eigenvalue weighted by molar-refractivity contribution is -0.126. The number of piperazine rings is 1. The Morgan fingerprint density at radius 1 is 1.17 bits per heavy atom. The number of benzene rings is 1. The van der Waals surface area contributed by atoms with Crippen molar-refractivity contribution in [3.8, 4) is 0 Å². The lowest BCUT2D eigenvalue weighted by Gasteiger charge is -2.36. The number of sulfonamides is 1. The van der Waals surface area contributed by atoms with Gasteiger partial charge in [0.1, 0.15) is 0 Å². The second-order valence-corrected chi connectivity index (χ2v) is 8.06. The largest absolute Gasteiger partial charge is 0.351 e. The quantitative estimate of drug-likeness (QED) is 0.852. The van der Waals surface area contributed by atoms with Crippen LogP contribution in [0.1, 0.15) is 18.1 Å². The number of carbonyl (C=O) groups is 1. The highest BCUT2D eigenvalue weighted by Crippen LogP contribution is 2.10. The highest BCUT2D eigenvalue weighted by Gasteiger charge is 2.28. The number of hydrogen-bond donors (Lipinski definition) is 1. The first kappa shape index (κ1) is 17.9. The summed E-state index contributed by atoms with van der Waals surface area (Å²) in [6.45, 7) is 6.43. The van der Waals surface area contributed by atoms with Crippen molar-refractivity contribution in [1.82, 2.24) is 14.5 Å². The Morgan fingerprint density at radius 3 is 2.26 bits per heavy atom. The van der Waals surface area contributed by atoms with Crippen LogP contribution in [0.3, 0.4) is 0 Å². The van der Waals surface area contributed by atoms with Crippen molar-refractivity contribution in [3.05, 3.63) is 35.4 Å². The van der Waals surface area contributed by atoms with E-state index in [1.54, 1.807) is 0 Å². The van der Waals surface area contributed by atoms with E-state index in [1.807, 2.05) is 43.0 Å². The minimum absolute atomic E-state index is 0.0293. The van der Waals surface area contributed by atoms with Crippen LogP contribution in [0, 0.1) is 6.92 Å². The van der Waals surface area contributed by atoms with Gasteiger partial charge in [-0.1, -0.05) is 29.8 Å². The fourth-order valence-corrected chi connectivity index (χ4v) is 3.46. The monoisotopic (exact) mass is 339 g/mol. The summed E-state index contributed by atoms with van der Waals surface area (Å²) >= 11 is 0. The number of carbonyl (C=O) groups excluding carboxylic acids is 1. The molecule has 0 radical (unpaired) electrons. The normalized spacial score (nSPS) is 18.6. The zero-order chi connectivity index (χ0) is 17.0. The molecule has 6 nitrogen and oxygen atoms in total. The molecule has 23 heavy (non-hydrogen) atoms. The second-order valence-electron chi connectivity index (χ2n) is 6.08. The maximum Gasteiger partial charge on any atom is 0.237 e. The van der Waals surface area contributed by atoms with Gasteiger partial charge in [-0.15, -0.1) is 0 Å². The van der Waals surface area contributed by atoms with Crippen LogP contribution in [0.2, 0.25) is 0 Å². The third kappa shape index (κ3) is 5.02. The summed E-state index contributed by atoms with van der Waals surface area (Å²) in [6.07, 6.45) is 1.22. The van der Waals surface area contributed by atoms with Crippen LogP contribution < -0.4 is 5.32 Å². The number of hydrogen-bond acceptors (Lipinski definition) is 4. The van der Waals surface area contributed by atoms with Crippen LogP contribution in [0.25, 0.3) is 0 Å². The van der Waals surface area contributed by atoms with E-state index < -0.39 is 10.0 Å². The molecule has 1 unspecified atom stereocenters. The Labute approximate surface area is 138 Å². The van der Waals surface area contributed by atoms with Gasteiger partial charge >= 0.3 is 0 Å². The molecule has 1 N–H and O–H groups in total. The summed E-state index contributed by atoms with van der Waals surface area (Å²) in [4.78, 5) is 14.3. The van der Waals surface area contributed by atoms with Crippen molar-refractivity contribution in [1.29, 1.82) is 0 Å². The van der Waals surface area contributed by atoms with Gasteiger partial charge in [0.05, 0.1) is 12.3 Å². The zero-order valence-electron chi connectivity index (χ0n) is 13.9. The minimum Gasteiger partial charge on any atom is -0.351 e. The Kier molecular flexibility index (Phi) is 5.78. The maximum atomic E-state index is 12.3. The summed E-state index contributed by atoms with van der Waals surface area (Å²) in [5.41, 5.74) is 2.26. The average molecular weight is 339 g/mol. The molecule has 1 atom stereocenters. The van der Waals surface area contributed by atoms with E-state index in [0.29, 0.717) is 32.7 Å². The van der Waals surface area contributed by atoms with Crippen LogP contribution in [-0.2, 0) is 21.4 Å². The Morgan fingerprint density at radius 2 is 1.74 bits per heavy atom. The van der Waals surface area contributed by atoms with Gasteiger partial charge in [0.2, 0.25) is 15.9 Å². The topological polar surface area (TPSA) is 69.7 Å². The molecule has 0 spiro atoms. The average Bonchev–Trinajstić information content (AvgIpc) is 2.52. The van der Waals surface area contributed by atoms with Crippen molar-refractivity contribution >= 4 is 15.9 Å². The van der Waals surface area contributed by atoms with Gasteiger partial charge in [-0.2, -0.15) is 4.31 Å². The van der Waals surface area contributed by atoms with E-state index in [1.165, 1.54) is 16.1 Å². The molecule has 0 saturated carbocycles. The molecule has 1 saturated heterocycles. The smallest absolute Gasteiger partial charge is 0.237 e. The molecule has 7 heteroatoms.